The van der Waals surface area contributed by atoms with Gasteiger partial charge in [-0.05, 0) is 61.9 Å². The van der Waals surface area contributed by atoms with E-state index in [4.69, 9.17) is 4.52 Å². The fourth-order valence-corrected chi connectivity index (χ4v) is 3.73. The number of sulfonamides is 1. The van der Waals surface area contributed by atoms with Crippen molar-refractivity contribution in [2.45, 2.75) is 18.7 Å². The summed E-state index contributed by atoms with van der Waals surface area (Å²) in [6.45, 7) is 3.46. The van der Waals surface area contributed by atoms with Gasteiger partial charge in [-0.2, -0.15) is 0 Å². The topological polar surface area (TPSA) is 101 Å². The number of amides is 1. The number of hydrogen-bond acceptors (Lipinski definition) is 5. The van der Waals surface area contributed by atoms with Crippen LogP contribution in [0.1, 0.15) is 21.7 Å². The maximum atomic E-state index is 12.5. The molecule has 0 unspecified atom stereocenters. The molecule has 2 aromatic carbocycles. The Morgan fingerprint density at radius 2 is 1.74 bits per heavy atom. The maximum Gasteiger partial charge on any atom is 0.261 e. The molecule has 0 atom stereocenters. The van der Waals surface area contributed by atoms with E-state index in [9.17, 15) is 13.2 Å². The van der Waals surface area contributed by atoms with E-state index in [0.29, 0.717) is 22.7 Å². The number of carbonyl (C=O) groups is 1. The molecule has 3 aromatic rings. The second-order valence-electron chi connectivity index (χ2n) is 5.84. The first-order valence-electron chi connectivity index (χ1n) is 7.88. The zero-order valence-corrected chi connectivity index (χ0v) is 16.9. The number of aromatic nitrogens is 1. The van der Waals surface area contributed by atoms with E-state index >= 15 is 0 Å². The fraction of sp³-hybridized carbons (Fsp3) is 0.111. The molecule has 2 N–H and O–H groups in total. The van der Waals surface area contributed by atoms with Gasteiger partial charge in [0.15, 0.2) is 0 Å². The van der Waals surface area contributed by atoms with Crippen molar-refractivity contribution in [2.24, 2.45) is 0 Å². The molecule has 0 fully saturated rings. The molecule has 0 aliphatic rings. The highest BCUT2D eigenvalue weighted by molar-refractivity contribution is 9.10. The summed E-state index contributed by atoms with van der Waals surface area (Å²) in [6, 6.07) is 11.1. The molecule has 9 heteroatoms. The average Bonchev–Trinajstić information content (AvgIpc) is 3.05. The summed E-state index contributed by atoms with van der Waals surface area (Å²) >= 11 is 3.35. The summed E-state index contributed by atoms with van der Waals surface area (Å²) in [7, 11) is -3.71. The average molecular weight is 450 g/mol. The zero-order valence-electron chi connectivity index (χ0n) is 14.5. The van der Waals surface area contributed by atoms with Crippen LogP contribution in [0.5, 0.6) is 0 Å². The first-order chi connectivity index (χ1) is 12.8. The molecular weight excluding hydrogens is 434 g/mol. The van der Waals surface area contributed by atoms with Crippen LogP contribution in [0.3, 0.4) is 0 Å². The Morgan fingerprint density at radius 1 is 1.07 bits per heavy atom. The Kier molecular flexibility index (Phi) is 5.33. The molecule has 0 aliphatic heterocycles. The molecular formula is C18H16BrN3O4S. The second-order valence-corrected chi connectivity index (χ2v) is 8.38. The lowest BCUT2D eigenvalue weighted by molar-refractivity contribution is 0.102. The molecule has 0 spiro atoms. The minimum atomic E-state index is -3.71. The minimum absolute atomic E-state index is 0.170. The number of anilines is 2. The van der Waals surface area contributed by atoms with Crippen LogP contribution >= 0.6 is 15.9 Å². The highest BCUT2D eigenvalue weighted by Crippen LogP contribution is 2.23. The normalized spacial score (nSPS) is 11.2. The van der Waals surface area contributed by atoms with Gasteiger partial charge >= 0.3 is 0 Å². The molecule has 27 heavy (non-hydrogen) atoms. The largest absolute Gasteiger partial charge is 0.361 e. The van der Waals surface area contributed by atoms with Gasteiger partial charge in [-0.3, -0.25) is 9.52 Å². The van der Waals surface area contributed by atoms with Gasteiger partial charge in [0.1, 0.15) is 11.3 Å². The van der Waals surface area contributed by atoms with Gasteiger partial charge in [-0.25, -0.2) is 8.42 Å². The first-order valence-corrected chi connectivity index (χ1v) is 10.2. The van der Waals surface area contributed by atoms with Crippen molar-refractivity contribution < 1.29 is 17.7 Å². The van der Waals surface area contributed by atoms with Gasteiger partial charge in [0, 0.05) is 15.8 Å². The minimum Gasteiger partial charge on any atom is -0.361 e. The molecule has 1 heterocycles. The third kappa shape index (κ3) is 4.37. The predicted molar refractivity (Wildman–Crippen MR) is 105 cm³/mol. The lowest BCUT2D eigenvalue weighted by Gasteiger charge is -2.10. The van der Waals surface area contributed by atoms with Crippen molar-refractivity contribution in [3.8, 4) is 0 Å². The van der Waals surface area contributed by atoms with E-state index in [1.54, 1.807) is 43.3 Å². The van der Waals surface area contributed by atoms with Crippen molar-refractivity contribution in [3.05, 3.63) is 70.0 Å². The molecule has 7 nitrogen and oxygen atoms in total. The van der Waals surface area contributed by atoms with Gasteiger partial charge in [0.05, 0.1) is 11.1 Å². The van der Waals surface area contributed by atoms with E-state index < -0.39 is 10.0 Å². The van der Waals surface area contributed by atoms with Crippen LogP contribution in [0.25, 0.3) is 0 Å². The summed E-state index contributed by atoms with van der Waals surface area (Å²) in [4.78, 5) is 12.3. The molecule has 0 radical (unpaired) electrons. The molecule has 1 amide bonds. The van der Waals surface area contributed by atoms with E-state index in [-0.39, 0.29) is 10.8 Å². The second kappa shape index (κ2) is 7.53. The van der Waals surface area contributed by atoms with Crippen LogP contribution < -0.4 is 10.0 Å². The van der Waals surface area contributed by atoms with Crippen LogP contribution in [0.4, 0.5) is 11.4 Å². The molecule has 0 bridgehead atoms. The number of nitrogens with one attached hydrogen (secondary N) is 2. The van der Waals surface area contributed by atoms with Crippen molar-refractivity contribution in [1.29, 1.82) is 0 Å². The zero-order chi connectivity index (χ0) is 19.6. The van der Waals surface area contributed by atoms with Crippen LogP contribution in [-0.4, -0.2) is 19.5 Å². The number of aryl methyl sites for hydroxylation is 2. The van der Waals surface area contributed by atoms with Gasteiger partial charge in [-0.1, -0.05) is 21.1 Å². The van der Waals surface area contributed by atoms with Crippen LogP contribution in [0, 0.1) is 13.8 Å². The van der Waals surface area contributed by atoms with Crippen LogP contribution in [0.2, 0.25) is 0 Å². The number of nitrogens with zero attached hydrogens (tertiary/aromatic N) is 1. The first kappa shape index (κ1) is 19.1. The third-order valence-corrected chi connectivity index (χ3v) is 6.10. The standard InChI is InChI=1S/C18H16BrN3O4S/c1-11-9-15(7-8-17(11)19)27(24,25)22-14-5-3-13(4-6-14)21-18(23)16-10-20-26-12(16)2/h3-10,22H,1-2H3,(H,21,23). The van der Waals surface area contributed by atoms with E-state index in [2.05, 4.69) is 31.1 Å². The highest BCUT2D eigenvalue weighted by atomic mass is 79.9. The van der Waals surface area contributed by atoms with E-state index in [1.807, 2.05) is 6.92 Å². The van der Waals surface area contributed by atoms with E-state index in [0.717, 1.165) is 10.0 Å². The number of benzene rings is 2. The molecule has 0 saturated carbocycles. The summed E-state index contributed by atoms with van der Waals surface area (Å²) in [5, 5.41) is 6.26. The number of rotatable bonds is 5. The van der Waals surface area contributed by atoms with Gasteiger partial charge in [0.25, 0.3) is 15.9 Å². The third-order valence-electron chi connectivity index (χ3n) is 3.83. The Morgan fingerprint density at radius 3 is 2.33 bits per heavy atom. The molecule has 3 rings (SSSR count). The predicted octanol–water partition coefficient (Wildman–Crippen LogP) is 4.11. The highest BCUT2D eigenvalue weighted by Gasteiger charge is 2.16. The lowest BCUT2D eigenvalue weighted by Crippen LogP contribution is -2.14. The summed E-state index contributed by atoms with van der Waals surface area (Å²) < 4.78 is 33.2. The van der Waals surface area contributed by atoms with Gasteiger partial charge in [-0.15, -0.1) is 0 Å². The van der Waals surface area contributed by atoms with Gasteiger partial charge in [0.2, 0.25) is 0 Å². The fourth-order valence-electron chi connectivity index (χ4n) is 2.34. The molecule has 0 saturated heterocycles. The Hall–Kier alpha value is -2.65. The Balaban J connectivity index is 1.72. The summed E-state index contributed by atoms with van der Waals surface area (Å²) in [5.41, 5.74) is 2.06. The number of halogens is 1. The Labute approximate surface area is 164 Å². The Bertz CT molecular complexity index is 1090. The molecule has 0 aliphatic carbocycles. The monoisotopic (exact) mass is 449 g/mol. The van der Waals surface area contributed by atoms with Crippen molar-refractivity contribution in [2.75, 3.05) is 10.0 Å². The number of hydrogen-bond donors (Lipinski definition) is 2. The van der Waals surface area contributed by atoms with Crippen molar-refractivity contribution in [3.63, 3.8) is 0 Å². The quantitative estimate of drug-likeness (QED) is 0.610. The maximum absolute atomic E-state index is 12.5. The molecule has 1 aromatic heterocycles. The van der Waals surface area contributed by atoms with E-state index in [1.165, 1.54) is 12.3 Å². The SMILES string of the molecule is Cc1cc(S(=O)(=O)Nc2ccc(NC(=O)c3cnoc3C)cc2)ccc1Br. The smallest absolute Gasteiger partial charge is 0.261 e. The number of carbonyl (C=O) groups excluding carboxylic acids is 1. The van der Waals surface area contributed by atoms with Gasteiger partial charge < -0.3 is 9.84 Å². The van der Waals surface area contributed by atoms with Crippen LogP contribution in [-0.2, 0) is 10.0 Å². The van der Waals surface area contributed by atoms with Crippen molar-refractivity contribution >= 4 is 43.2 Å². The molecule has 140 valence electrons. The lowest BCUT2D eigenvalue weighted by atomic mass is 10.2. The van der Waals surface area contributed by atoms with Crippen LogP contribution in [0.15, 0.2) is 62.6 Å². The summed E-state index contributed by atoms with van der Waals surface area (Å²) in [5.74, 6) is 0.0640. The van der Waals surface area contributed by atoms with Crippen molar-refractivity contribution in [1.82, 2.24) is 5.16 Å². The summed E-state index contributed by atoms with van der Waals surface area (Å²) in [6.07, 6.45) is 1.34.